The van der Waals surface area contributed by atoms with Crippen LogP contribution in [-0.2, 0) is 0 Å². The van der Waals surface area contributed by atoms with Crippen LogP contribution in [0.4, 0.5) is 5.69 Å². The smallest absolute Gasteiger partial charge is 0.253 e. The minimum Gasteiger partial charge on any atom is -0.398 e. The van der Waals surface area contributed by atoms with Crippen molar-refractivity contribution in [2.24, 2.45) is 0 Å². The number of nitrogens with two attached hydrogens (primary N) is 1. The summed E-state index contributed by atoms with van der Waals surface area (Å²) in [5.74, 6) is 1.07. The van der Waals surface area contributed by atoms with Gasteiger partial charge in [0.05, 0.1) is 5.56 Å². The number of carbonyl (C=O) groups excluding carboxylic acids is 1. The first-order valence-electron chi connectivity index (χ1n) is 6.90. The van der Waals surface area contributed by atoms with Crippen molar-refractivity contribution in [2.45, 2.75) is 44.4 Å². The largest absolute Gasteiger partial charge is 0.398 e. The molecule has 2 unspecified atom stereocenters. The third-order valence-corrected chi connectivity index (χ3v) is 4.93. The van der Waals surface area contributed by atoms with E-state index in [4.69, 9.17) is 5.73 Å². The molecule has 0 aliphatic heterocycles. The minimum absolute atomic E-state index is 0.0326. The summed E-state index contributed by atoms with van der Waals surface area (Å²) in [7, 11) is 0. The number of hydrogen-bond donors (Lipinski definition) is 2. The van der Waals surface area contributed by atoms with Crippen LogP contribution in [0, 0.1) is 6.92 Å². The van der Waals surface area contributed by atoms with Gasteiger partial charge in [-0.1, -0.05) is 25.0 Å². The van der Waals surface area contributed by atoms with Crippen molar-refractivity contribution < 1.29 is 4.79 Å². The van der Waals surface area contributed by atoms with E-state index in [1.54, 1.807) is 6.07 Å². The highest BCUT2D eigenvalue weighted by Gasteiger charge is 2.28. The molecule has 0 saturated heterocycles. The molecular weight excluding hydrogens is 256 g/mol. The summed E-state index contributed by atoms with van der Waals surface area (Å²) in [5, 5.41) is 3.71. The topological polar surface area (TPSA) is 55.1 Å². The molecule has 1 saturated carbocycles. The maximum atomic E-state index is 12.3. The molecule has 3 nitrogen and oxygen atoms in total. The summed E-state index contributed by atoms with van der Waals surface area (Å²) in [6.45, 7) is 4.14. The molecule has 2 rings (SSSR count). The van der Waals surface area contributed by atoms with Crippen molar-refractivity contribution in [2.75, 3.05) is 11.5 Å². The summed E-state index contributed by atoms with van der Waals surface area (Å²) in [5.41, 5.74) is 8.11. The second-order valence-corrected chi connectivity index (χ2v) is 6.61. The van der Waals surface area contributed by atoms with Crippen LogP contribution in [0.5, 0.6) is 0 Å². The van der Waals surface area contributed by atoms with Gasteiger partial charge < -0.3 is 11.1 Å². The van der Waals surface area contributed by atoms with Gasteiger partial charge in [0.15, 0.2) is 0 Å². The number of thioether (sulfide) groups is 1. The maximum absolute atomic E-state index is 12.3. The molecule has 2 atom stereocenters. The van der Waals surface area contributed by atoms with E-state index < -0.39 is 0 Å². The van der Waals surface area contributed by atoms with Crippen LogP contribution in [0.3, 0.4) is 0 Å². The summed E-state index contributed by atoms with van der Waals surface area (Å²) in [6.07, 6.45) is 3.48. The molecule has 0 heterocycles. The number of nitrogens with one attached hydrogen (secondary N) is 1. The molecule has 1 amide bonds. The molecule has 19 heavy (non-hydrogen) atoms. The van der Waals surface area contributed by atoms with Crippen molar-refractivity contribution in [3.05, 3.63) is 29.3 Å². The number of amides is 1. The molecule has 0 aromatic heterocycles. The number of benzene rings is 1. The van der Waals surface area contributed by atoms with Gasteiger partial charge in [-0.3, -0.25) is 4.79 Å². The van der Waals surface area contributed by atoms with E-state index in [0.717, 1.165) is 17.7 Å². The molecule has 0 bridgehead atoms. The first-order chi connectivity index (χ1) is 9.11. The molecule has 1 fully saturated rings. The van der Waals surface area contributed by atoms with Crippen LogP contribution in [0.2, 0.25) is 0 Å². The molecule has 1 aliphatic carbocycles. The fourth-order valence-corrected chi connectivity index (χ4v) is 3.82. The third-order valence-electron chi connectivity index (χ3n) is 3.60. The van der Waals surface area contributed by atoms with E-state index in [0.29, 0.717) is 16.5 Å². The fourth-order valence-electron chi connectivity index (χ4n) is 2.62. The van der Waals surface area contributed by atoms with E-state index in [1.165, 1.54) is 12.8 Å². The van der Waals surface area contributed by atoms with Gasteiger partial charge >= 0.3 is 0 Å². The Bertz CT molecular complexity index is 461. The highest BCUT2D eigenvalue weighted by molar-refractivity contribution is 7.99. The third kappa shape index (κ3) is 3.44. The van der Waals surface area contributed by atoms with Crippen LogP contribution in [0.1, 0.15) is 42.1 Å². The van der Waals surface area contributed by atoms with Gasteiger partial charge in [0.25, 0.3) is 5.91 Å². The maximum Gasteiger partial charge on any atom is 0.253 e. The monoisotopic (exact) mass is 278 g/mol. The van der Waals surface area contributed by atoms with E-state index in [9.17, 15) is 4.79 Å². The second kappa shape index (κ2) is 6.33. The molecule has 104 valence electrons. The summed E-state index contributed by atoms with van der Waals surface area (Å²) >= 11 is 1.95. The van der Waals surface area contributed by atoms with Crippen molar-refractivity contribution in [3.63, 3.8) is 0 Å². The lowest BCUT2D eigenvalue weighted by Gasteiger charge is -2.20. The molecule has 4 heteroatoms. The predicted octanol–water partition coefficient (Wildman–Crippen LogP) is 2.98. The average Bonchev–Trinajstić information content (AvgIpc) is 2.80. The average molecular weight is 278 g/mol. The molecule has 1 aromatic rings. The Morgan fingerprint density at radius 3 is 3.00 bits per heavy atom. The zero-order valence-electron chi connectivity index (χ0n) is 11.6. The lowest BCUT2D eigenvalue weighted by atomic mass is 10.1. The van der Waals surface area contributed by atoms with Crippen molar-refractivity contribution in [1.29, 1.82) is 0 Å². The van der Waals surface area contributed by atoms with E-state index in [2.05, 4.69) is 12.2 Å². The fraction of sp³-hybridized carbons (Fsp3) is 0.533. The normalized spacial score (nSPS) is 22.4. The van der Waals surface area contributed by atoms with Crippen LogP contribution >= 0.6 is 11.8 Å². The Kier molecular flexibility index (Phi) is 4.75. The SMILES string of the molecule is CCSC1CCCC1NC(=O)c1cc(C)ccc1N. The highest BCUT2D eigenvalue weighted by Crippen LogP contribution is 2.30. The van der Waals surface area contributed by atoms with E-state index in [-0.39, 0.29) is 11.9 Å². The number of carbonyl (C=O) groups is 1. The first-order valence-corrected chi connectivity index (χ1v) is 7.95. The Hall–Kier alpha value is -1.16. The second-order valence-electron chi connectivity index (χ2n) is 5.10. The number of anilines is 1. The Morgan fingerprint density at radius 1 is 1.47 bits per heavy atom. The van der Waals surface area contributed by atoms with Crippen LogP contribution in [-0.4, -0.2) is 23.0 Å². The van der Waals surface area contributed by atoms with Crippen LogP contribution in [0.25, 0.3) is 0 Å². The van der Waals surface area contributed by atoms with E-state index >= 15 is 0 Å². The van der Waals surface area contributed by atoms with Gasteiger partial charge in [0.2, 0.25) is 0 Å². The predicted molar refractivity (Wildman–Crippen MR) is 82.6 cm³/mol. The van der Waals surface area contributed by atoms with Gasteiger partial charge in [0.1, 0.15) is 0 Å². The van der Waals surface area contributed by atoms with Gasteiger partial charge in [-0.25, -0.2) is 0 Å². The number of nitrogen functional groups attached to an aromatic ring is 1. The molecule has 3 N–H and O–H groups in total. The number of hydrogen-bond acceptors (Lipinski definition) is 3. The zero-order chi connectivity index (χ0) is 13.8. The molecule has 0 radical (unpaired) electrons. The summed E-state index contributed by atoms with van der Waals surface area (Å²) in [6, 6.07) is 5.88. The lowest BCUT2D eigenvalue weighted by Crippen LogP contribution is -2.39. The van der Waals surface area contributed by atoms with Crippen molar-refractivity contribution in [1.82, 2.24) is 5.32 Å². The van der Waals surface area contributed by atoms with E-state index in [1.807, 2.05) is 30.8 Å². The standard InChI is InChI=1S/C15H22N2OS/c1-3-19-14-6-4-5-13(14)17-15(18)11-9-10(2)7-8-12(11)16/h7-9,13-14H,3-6,16H2,1-2H3,(H,17,18). The summed E-state index contributed by atoms with van der Waals surface area (Å²) < 4.78 is 0. The summed E-state index contributed by atoms with van der Waals surface area (Å²) in [4.78, 5) is 12.3. The van der Waals surface area contributed by atoms with Gasteiger partial charge in [-0.2, -0.15) is 11.8 Å². The Morgan fingerprint density at radius 2 is 2.26 bits per heavy atom. The number of rotatable bonds is 4. The highest BCUT2D eigenvalue weighted by atomic mass is 32.2. The van der Waals surface area contributed by atoms with Gasteiger partial charge in [-0.15, -0.1) is 0 Å². The zero-order valence-corrected chi connectivity index (χ0v) is 12.4. The first kappa shape index (κ1) is 14.3. The van der Waals surface area contributed by atoms with Crippen molar-refractivity contribution in [3.8, 4) is 0 Å². The molecule has 0 spiro atoms. The Balaban J connectivity index is 2.06. The van der Waals surface area contributed by atoms with Crippen LogP contribution in [0.15, 0.2) is 18.2 Å². The van der Waals surface area contributed by atoms with Gasteiger partial charge in [-0.05, 0) is 37.7 Å². The number of aryl methyl sites for hydroxylation is 1. The van der Waals surface area contributed by atoms with Crippen molar-refractivity contribution >= 4 is 23.4 Å². The minimum atomic E-state index is -0.0326. The van der Waals surface area contributed by atoms with Crippen LogP contribution < -0.4 is 11.1 Å². The lowest BCUT2D eigenvalue weighted by molar-refractivity contribution is 0.0939. The molecule has 1 aliphatic rings. The molecular formula is C15H22N2OS. The molecule has 1 aromatic carbocycles. The van der Waals surface area contributed by atoms with Gasteiger partial charge in [0, 0.05) is 17.0 Å². The Labute approximate surface area is 119 Å². The quantitative estimate of drug-likeness (QED) is 0.833.